The molecule has 2 saturated heterocycles. The summed E-state index contributed by atoms with van der Waals surface area (Å²) < 4.78 is 11.9. The van der Waals surface area contributed by atoms with E-state index in [1.807, 2.05) is 81.4 Å². The lowest BCUT2D eigenvalue weighted by Gasteiger charge is -2.47. The Hall–Kier alpha value is -2.82. The minimum atomic E-state index is -0.756. The van der Waals surface area contributed by atoms with Crippen LogP contribution in [0.3, 0.4) is 0 Å². The maximum absolute atomic E-state index is 13.1. The highest BCUT2D eigenvalue weighted by Gasteiger charge is 2.57. The van der Waals surface area contributed by atoms with Gasteiger partial charge in [0.25, 0.3) is 0 Å². The molecule has 2 aliphatic rings. The number of likely N-dealkylation sites (tertiary alicyclic amines) is 1. The third-order valence-electron chi connectivity index (χ3n) is 5.89. The summed E-state index contributed by atoms with van der Waals surface area (Å²) in [6, 6.07) is 19.2. The molecule has 4 rings (SSSR count). The van der Waals surface area contributed by atoms with E-state index in [0.717, 1.165) is 24.0 Å². The highest BCUT2D eigenvalue weighted by molar-refractivity contribution is 5.81. The number of carbonyl (C=O) groups is 2. The van der Waals surface area contributed by atoms with Gasteiger partial charge in [0.05, 0.1) is 5.92 Å². The molecule has 158 valence electrons. The molecule has 0 saturated carbocycles. The van der Waals surface area contributed by atoms with Gasteiger partial charge in [-0.25, -0.2) is 4.79 Å². The minimum Gasteiger partial charge on any atom is -0.456 e. The zero-order valence-corrected chi connectivity index (χ0v) is 17.8. The molecule has 0 aliphatic carbocycles. The molecule has 5 nitrogen and oxygen atoms in total. The summed E-state index contributed by atoms with van der Waals surface area (Å²) in [5.74, 6) is -0.538. The normalized spacial score (nSPS) is 26.5. The maximum Gasteiger partial charge on any atom is 0.410 e. The van der Waals surface area contributed by atoms with Gasteiger partial charge < -0.3 is 9.47 Å². The average molecular weight is 408 g/mol. The molecule has 30 heavy (non-hydrogen) atoms. The van der Waals surface area contributed by atoms with Crippen molar-refractivity contribution in [2.75, 3.05) is 6.54 Å². The van der Waals surface area contributed by atoms with Crippen LogP contribution < -0.4 is 0 Å². The van der Waals surface area contributed by atoms with Gasteiger partial charge in [0.1, 0.15) is 17.2 Å². The molecule has 2 fully saturated rings. The molecule has 2 aromatic rings. The fraction of sp³-hybridized carbons (Fsp3) is 0.440. The fourth-order valence-corrected chi connectivity index (χ4v) is 4.74. The number of hydrogen-bond donors (Lipinski definition) is 0. The Balaban J connectivity index is 1.72. The van der Waals surface area contributed by atoms with Gasteiger partial charge in [-0.2, -0.15) is 0 Å². The summed E-state index contributed by atoms with van der Waals surface area (Å²) in [4.78, 5) is 27.9. The lowest BCUT2D eigenvalue weighted by atomic mass is 9.76. The average Bonchev–Trinajstić information content (AvgIpc) is 3.04. The second-order valence-corrected chi connectivity index (χ2v) is 9.24. The highest BCUT2D eigenvalue weighted by atomic mass is 16.6. The summed E-state index contributed by atoms with van der Waals surface area (Å²) in [6.45, 7) is 6.17. The zero-order chi connectivity index (χ0) is 21.4. The van der Waals surface area contributed by atoms with E-state index in [1.54, 1.807) is 4.90 Å². The second-order valence-electron chi connectivity index (χ2n) is 9.24. The van der Waals surface area contributed by atoms with E-state index in [1.165, 1.54) is 0 Å². The van der Waals surface area contributed by atoms with Crippen molar-refractivity contribution >= 4 is 12.1 Å². The largest absolute Gasteiger partial charge is 0.456 e. The lowest BCUT2D eigenvalue weighted by molar-refractivity contribution is -0.159. The molecule has 0 bridgehead atoms. The molecule has 5 heteroatoms. The van der Waals surface area contributed by atoms with Crippen LogP contribution in [0.25, 0.3) is 0 Å². The van der Waals surface area contributed by atoms with Crippen molar-refractivity contribution in [3.05, 3.63) is 71.8 Å². The summed E-state index contributed by atoms with van der Waals surface area (Å²) in [5.41, 5.74) is 0.570. The van der Waals surface area contributed by atoms with Crippen LogP contribution in [0.2, 0.25) is 0 Å². The second kappa shape index (κ2) is 7.78. The van der Waals surface area contributed by atoms with Gasteiger partial charge in [0.2, 0.25) is 0 Å². The molecule has 0 aromatic heterocycles. The Morgan fingerprint density at radius 3 is 2.23 bits per heavy atom. The van der Waals surface area contributed by atoms with Gasteiger partial charge in [-0.3, -0.25) is 9.69 Å². The Morgan fingerprint density at radius 2 is 1.63 bits per heavy atom. The molecule has 0 N–H and O–H groups in total. The minimum absolute atomic E-state index is 0.215. The van der Waals surface area contributed by atoms with E-state index in [-0.39, 0.29) is 24.0 Å². The van der Waals surface area contributed by atoms with Crippen molar-refractivity contribution in [2.45, 2.75) is 63.2 Å². The van der Waals surface area contributed by atoms with E-state index in [2.05, 4.69) is 0 Å². The molecule has 2 heterocycles. The Kier molecular flexibility index (Phi) is 5.31. The maximum atomic E-state index is 13.1. The van der Waals surface area contributed by atoms with Gasteiger partial charge in [0, 0.05) is 13.0 Å². The molecule has 0 radical (unpaired) electrons. The molecule has 3 atom stereocenters. The van der Waals surface area contributed by atoms with E-state index >= 15 is 0 Å². The first kappa shape index (κ1) is 20.5. The summed E-state index contributed by atoms with van der Waals surface area (Å²) in [6.07, 6.45) is 1.67. The molecular formula is C25H29NO4. The van der Waals surface area contributed by atoms with Crippen molar-refractivity contribution in [1.82, 2.24) is 4.90 Å². The smallest absolute Gasteiger partial charge is 0.410 e. The molecule has 2 unspecified atom stereocenters. The third kappa shape index (κ3) is 3.93. The Morgan fingerprint density at radius 1 is 1.03 bits per heavy atom. The monoisotopic (exact) mass is 407 g/mol. The standard InChI is InChI=1S/C25H29NO4/c1-24(2,3)30-23(28)26-16-10-15-25(21(26)19-13-8-5-9-14-19)17-20(22(27)29-25)18-11-6-4-7-12-18/h4-9,11-14,20-21H,10,15-17H2,1-3H3/t20?,21?,25-/m0/s1. The first-order valence-electron chi connectivity index (χ1n) is 10.6. The third-order valence-corrected chi connectivity index (χ3v) is 5.89. The molecular weight excluding hydrogens is 378 g/mol. The van der Waals surface area contributed by atoms with Crippen molar-refractivity contribution in [1.29, 1.82) is 0 Å². The zero-order valence-electron chi connectivity index (χ0n) is 17.8. The number of carbonyl (C=O) groups excluding carboxylic acids is 2. The molecule has 2 aromatic carbocycles. The number of hydrogen-bond acceptors (Lipinski definition) is 4. The first-order valence-corrected chi connectivity index (χ1v) is 10.6. The van der Waals surface area contributed by atoms with Gasteiger partial charge in [-0.05, 0) is 44.7 Å². The number of piperidine rings is 1. The van der Waals surface area contributed by atoms with Crippen molar-refractivity contribution in [2.24, 2.45) is 0 Å². The van der Waals surface area contributed by atoms with E-state index in [9.17, 15) is 9.59 Å². The van der Waals surface area contributed by atoms with Gasteiger partial charge >= 0.3 is 12.1 Å². The summed E-state index contributed by atoms with van der Waals surface area (Å²) in [7, 11) is 0. The number of nitrogens with zero attached hydrogens (tertiary/aromatic N) is 1. The van der Waals surface area contributed by atoms with Crippen LogP contribution in [-0.4, -0.2) is 34.7 Å². The summed E-state index contributed by atoms with van der Waals surface area (Å²) >= 11 is 0. The molecule has 1 amide bonds. The van der Waals surface area contributed by atoms with Crippen LogP contribution in [0.4, 0.5) is 4.79 Å². The number of ether oxygens (including phenoxy) is 2. The van der Waals surface area contributed by atoms with Crippen LogP contribution in [0.5, 0.6) is 0 Å². The Labute approximate surface area is 178 Å². The van der Waals surface area contributed by atoms with E-state index < -0.39 is 11.2 Å². The van der Waals surface area contributed by atoms with E-state index in [4.69, 9.17) is 9.47 Å². The molecule has 2 aliphatic heterocycles. The predicted octanol–water partition coefficient (Wildman–Crippen LogP) is 5.23. The van der Waals surface area contributed by atoms with Crippen LogP contribution in [-0.2, 0) is 14.3 Å². The van der Waals surface area contributed by atoms with Gasteiger partial charge in [0.15, 0.2) is 0 Å². The highest BCUT2D eigenvalue weighted by Crippen LogP contribution is 2.52. The number of amides is 1. The van der Waals surface area contributed by atoms with E-state index in [0.29, 0.717) is 13.0 Å². The predicted molar refractivity (Wildman–Crippen MR) is 114 cm³/mol. The van der Waals surface area contributed by atoms with Gasteiger partial charge in [-0.1, -0.05) is 60.7 Å². The van der Waals surface area contributed by atoms with Crippen molar-refractivity contribution < 1.29 is 19.1 Å². The first-order chi connectivity index (χ1) is 14.3. The fourth-order valence-electron chi connectivity index (χ4n) is 4.74. The lowest BCUT2D eigenvalue weighted by Crippen LogP contribution is -2.53. The number of rotatable bonds is 2. The van der Waals surface area contributed by atoms with Crippen LogP contribution in [0.1, 0.15) is 63.1 Å². The van der Waals surface area contributed by atoms with Crippen molar-refractivity contribution in [3.63, 3.8) is 0 Å². The Bertz CT molecular complexity index is 906. The van der Waals surface area contributed by atoms with Crippen LogP contribution in [0, 0.1) is 0 Å². The van der Waals surface area contributed by atoms with Crippen LogP contribution >= 0.6 is 0 Å². The van der Waals surface area contributed by atoms with Gasteiger partial charge in [-0.15, -0.1) is 0 Å². The molecule has 1 spiro atoms. The topological polar surface area (TPSA) is 55.8 Å². The van der Waals surface area contributed by atoms with Crippen LogP contribution in [0.15, 0.2) is 60.7 Å². The quantitative estimate of drug-likeness (QED) is 0.640. The number of esters is 1. The SMILES string of the molecule is CC(C)(C)OC(=O)N1CCC[C@]2(CC(c3ccccc3)C(=O)O2)C1c1ccccc1. The van der Waals surface area contributed by atoms with Crippen molar-refractivity contribution in [3.8, 4) is 0 Å². The summed E-state index contributed by atoms with van der Waals surface area (Å²) in [5, 5.41) is 0. The number of benzene rings is 2.